The summed E-state index contributed by atoms with van der Waals surface area (Å²) in [6.07, 6.45) is 4.71. The second kappa shape index (κ2) is 4.63. The van der Waals surface area contributed by atoms with Crippen molar-refractivity contribution < 1.29 is 0 Å². The third kappa shape index (κ3) is 5.79. The number of hydrogen-bond donors (Lipinski definition) is 0. The third-order valence-electron chi connectivity index (χ3n) is 1.77. The van der Waals surface area contributed by atoms with Gasteiger partial charge in [0.05, 0.1) is 5.54 Å². The van der Waals surface area contributed by atoms with Crippen molar-refractivity contribution in [3.8, 4) is 0 Å². The summed E-state index contributed by atoms with van der Waals surface area (Å²) in [5, 5.41) is 6.28. The summed E-state index contributed by atoms with van der Waals surface area (Å²) >= 11 is 0. The highest BCUT2D eigenvalue weighted by molar-refractivity contribution is 5.57. The van der Waals surface area contributed by atoms with E-state index in [1.807, 2.05) is 11.2 Å². The average Bonchev–Trinajstić information content (AvgIpc) is 1.93. The molecule has 0 bridgehead atoms. The molecule has 0 aromatic carbocycles. The molecule has 0 rings (SSSR count). The van der Waals surface area contributed by atoms with E-state index in [1.165, 1.54) is 0 Å². The fourth-order valence-electron chi connectivity index (χ4n) is 0.897. The van der Waals surface area contributed by atoms with Gasteiger partial charge in [-0.3, -0.25) is 5.01 Å². The van der Waals surface area contributed by atoms with Crippen molar-refractivity contribution in [3.05, 3.63) is 12.8 Å². The lowest BCUT2D eigenvalue weighted by atomic mass is 9.93. The molecule has 0 aliphatic heterocycles. The third-order valence-corrected chi connectivity index (χ3v) is 1.77. The molecule has 0 aromatic heterocycles. The van der Waals surface area contributed by atoms with Gasteiger partial charge >= 0.3 is 0 Å². The monoisotopic (exact) mass is 196 g/mol. The van der Waals surface area contributed by atoms with Gasteiger partial charge in [-0.2, -0.15) is 5.10 Å². The van der Waals surface area contributed by atoms with Crippen molar-refractivity contribution in [3.63, 3.8) is 0 Å². The minimum Gasteiger partial charge on any atom is -0.268 e. The molecule has 2 nitrogen and oxygen atoms in total. The zero-order chi connectivity index (χ0) is 11.4. The molecular formula is C12H24N2. The van der Waals surface area contributed by atoms with Crippen LogP contribution in [0.25, 0.3) is 0 Å². The van der Waals surface area contributed by atoms with Gasteiger partial charge in [0, 0.05) is 12.4 Å². The molecule has 0 aliphatic rings. The number of rotatable bonds is 3. The molecule has 0 heterocycles. The van der Waals surface area contributed by atoms with Gasteiger partial charge in [-0.25, -0.2) is 0 Å². The largest absolute Gasteiger partial charge is 0.268 e. The summed E-state index contributed by atoms with van der Waals surface area (Å²) in [4.78, 5) is 0. The highest BCUT2D eigenvalue weighted by atomic mass is 15.5. The molecule has 0 atom stereocenters. The smallest absolute Gasteiger partial charge is 0.0543 e. The van der Waals surface area contributed by atoms with Crippen molar-refractivity contribution in [2.45, 2.75) is 53.5 Å². The molecule has 0 saturated carbocycles. The van der Waals surface area contributed by atoms with E-state index in [9.17, 15) is 0 Å². The number of hydrazone groups is 1. The Labute approximate surface area is 88.7 Å². The minimum atomic E-state index is 0.0101. The molecule has 0 aliphatic carbocycles. The summed E-state index contributed by atoms with van der Waals surface area (Å²) < 4.78 is 0. The predicted octanol–water partition coefficient (Wildman–Crippen LogP) is 3.65. The first-order valence-electron chi connectivity index (χ1n) is 5.11. The zero-order valence-corrected chi connectivity index (χ0v) is 10.5. The van der Waals surface area contributed by atoms with E-state index < -0.39 is 0 Å². The molecule has 0 unspecified atom stereocenters. The van der Waals surface area contributed by atoms with E-state index in [2.05, 4.69) is 53.2 Å². The zero-order valence-electron chi connectivity index (χ0n) is 10.5. The lowest BCUT2D eigenvalue weighted by molar-refractivity contribution is 0.215. The lowest BCUT2D eigenvalue weighted by Gasteiger charge is -2.29. The predicted molar refractivity (Wildman–Crippen MR) is 64.4 cm³/mol. The van der Waals surface area contributed by atoms with Crippen LogP contribution >= 0.6 is 0 Å². The normalized spacial score (nSPS) is 13.3. The summed E-state index contributed by atoms with van der Waals surface area (Å²) in [5.41, 5.74) is 0.310. The average molecular weight is 196 g/mol. The summed E-state index contributed by atoms with van der Waals surface area (Å²) in [5.74, 6) is 0. The van der Waals surface area contributed by atoms with Gasteiger partial charge in [-0.05, 0) is 32.6 Å². The second-order valence-electron chi connectivity index (χ2n) is 5.76. The fraction of sp³-hybridized carbons (Fsp3) is 0.750. The summed E-state index contributed by atoms with van der Waals surface area (Å²) in [6.45, 7) is 16.7. The summed E-state index contributed by atoms with van der Waals surface area (Å²) in [6, 6.07) is 0. The van der Waals surface area contributed by atoms with Gasteiger partial charge in [0.15, 0.2) is 0 Å². The Morgan fingerprint density at radius 2 is 1.64 bits per heavy atom. The molecular weight excluding hydrogens is 172 g/mol. The SMILES string of the molecule is C=CN(/N=C/CC(C)(C)C)C(C)(C)C. The van der Waals surface area contributed by atoms with E-state index in [0.29, 0.717) is 5.41 Å². The topological polar surface area (TPSA) is 15.6 Å². The van der Waals surface area contributed by atoms with Crippen LogP contribution in [0.3, 0.4) is 0 Å². The Morgan fingerprint density at radius 1 is 1.14 bits per heavy atom. The molecule has 0 amide bonds. The van der Waals surface area contributed by atoms with Crippen molar-refractivity contribution in [2.75, 3.05) is 0 Å². The van der Waals surface area contributed by atoms with E-state index in [-0.39, 0.29) is 5.54 Å². The van der Waals surface area contributed by atoms with E-state index in [4.69, 9.17) is 0 Å². The van der Waals surface area contributed by atoms with Crippen LogP contribution in [-0.2, 0) is 0 Å². The van der Waals surface area contributed by atoms with Crippen molar-refractivity contribution >= 4 is 6.21 Å². The van der Waals surface area contributed by atoms with Crippen LogP contribution in [0.1, 0.15) is 48.0 Å². The van der Waals surface area contributed by atoms with Gasteiger partial charge in [0.2, 0.25) is 0 Å². The van der Waals surface area contributed by atoms with E-state index in [1.54, 1.807) is 6.20 Å². The Morgan fingerprint density at radius 3 is 1.93 bits per heavy atom. The molecule has 14 heavy (non-hydrogen) atoms. The van der Waals surface area contributed by atoms with Crippen molar-refractivity contribution in [2.24, 2.45) is 10.5 Å². The molecule has 2 heteroatoms. The van der Waals surface area contributed by atoms with Gasteiger partial charge in [0.1, 0.15) is 0 Å². The lowest BCUT2D eigenvalue weighted by Crippen LogP contribution is -2.32. The van der Waals surface area contributed by atoms with Crippen LogP contribution in [0, 0.1) is 5.41 Å². The Hall–Kier alpha value is -0.790. The van der Waals surface area contributed by atoms with Crippen LogP contribution < -0.4 is 0 Å². The molecule has 82 valence electrons. The molecule has 0 fully saturated rings. The van der Waals surface area contributed by atoms with Crippen LogP contribution in [-0.4, -0.2) is 16.8 Å². The maximum Gasteiger partial charge on any atom is 0.0543 e. The summed E-state index contributed by atoms with van der Waals surface area (Å²) in [7, 11) is 0. The highest BCUT2D eigenvalue weighted by Crippen LogP contribution is 2.18. The molecule has 0 radical (unpaired) electrons. The van der Waals surface area contributed by atoms with E-state index >= 15 is 0 Å². The van der Waals surface area contributed by atoms with Crippen molar-refractivity contribution in [1.29, 1.82) is 0 Å². The van der Waals surface area contributed by atoms with E-state index in [0.717, 1.165) is 6.42 Å². The first-order valence-corrected chi connectivity index (χ1v) is 5.11. The Balaban J connectivity index is 4.27. The highest BCUT2D eigenvalue weighted by Gasteiger charge is 2.16. The Kier molecular flexibility index (Phi) is 4.37. The van der Waals surface area contributed by atoms with Gasteiger partial charge in [-0.15, -0.1) is 0 Å². The molecule has 0 spiro atoms. The first-order chi connectivity index (χ1) is 6.17. The minimum absolute atomic E-state index is 0.0101. The van der Waals surface area contributed by atoms with Crippen LogP contribution in [0.15, 0.2) is 17.9 Å². The van der Waals surface area contributed by atoms with Crippen molar-refractivity contribution in [1.82, 2.24) is 5.01 Å². The van der Waals surface area contributed by atoms with Crippen LogP contribution in [0.5, 0.6) is 0 Å². The van der Waals surface area contributed by atoms with Crippen LogP contribution in [0.4, 0.5) is 0 Å². The number of nitrogens with zero attached hydrogens (tertiary/aromatic N) is 2. The van der Waals surface area contributed by atoms with Gasteiger partial charge < -0.3 is 0 Å². The van der Waals surface area contributed by atoms with Crippen LogP contribution in [0.2, 0.25) is 0 Å². The van der Waals surface area contributed by atoms with Gasteiger partial charge in [0.25, 0.3) is 0 Å². The van der Waals surface area contributed by atoms with Gasteiger partial charge in [-0.1, -0.05) is 27.4 Å². The maximum absolute atomic E-state index is 4.39. The molecule has 0 saturated heterocycles. The standard InChI is InChI=1S/C12H24N2/c1-8-14(12(5,6)7)13-10-9-11(2,3)4/h8,10H,1,9H2,2-7H3/b13-10+. The number of hydrogen-bond acceptors (Lipinski definition) is 2. The molecule has 0 aromatic rings. The second-order valence-corrected chi connectivity index (χ2v) is 5.76. The fourth-order valence-corrected chi connectivity index (χ4v) is 0.897. The Bertz CT molecular complexity index is 203. The molecule has 0 N–H and O–H groups in total. The maximum atomic E-state index is 4.39. The first kappa shape index (κ1) is 13.2. The quantitative estimate of drug-likeness (QED) is 0.497.